The van der Waals surface area contributed by atoms with Crippen molar-refractivity contribution in [2.75, 3.05) is 0 Å². The Morgan fingerprint density at radius 3 is 2.56 bits per heavy atom. The lowest BCUT2D eigenvalue weighted by molar-refractivity contribution is 0.0999. The Balaban J connectivity index is 2.17. The molecule has 0 radical (unpaired) electrons. The summed E-state index contributed by atoms with van der Waals surface area (Å²) in [7, 11) is 0. The van der Waals surface area contributed by atoms with Crippen molar-refractivity contribution in [3.8, 4) is 17.3 Å². The minimum absolute atomic E-state index is 0.446. The van der Waals surface area contributed by atoms with Crippen LogP contribution in [-0.2, 0) is 6.54 Å². The van der Waals surface area contributed by atoms with Crippen molar-refractivity contribution < 1.29 is 4.79 Å². The molecule has 25 heavy (non-hydrogen) atoms. The molecule has 3 aromatic rings. The number of benzene rings is 2. The second-order valence-corrected chi connectivity index (χ2v) is 6.10. The summed E-state index contributed by atoms with van der Waals surface area (Å²) < 4.78 is 2.08. The Hall–Kier alpha value is -3.32. The SMILES string of the molecule is Cc1ccccc1Cn1c(-c2cccc(C#N)c2)cc(C(N)=O)c1C. The monoisotopic (exact) mass is 329 g/mol. The summed E-state index contributed by atoms with van der Waals surface area (Å²) in [5, 5.41) is 9.17. The van der Waals surface area contributed by atoms with Gasteiger partial charge in [-0.15, -0.1) is 0 Å². The molecule has 0 unspecified atom stereocenters. The van der Waals surface area contributed by atoms with Crippen LogP contribution in [0.5, 0.6) is 0 Å². The van der Waals surface area contributed by atoms with Crippen molar-refractivity contribution in [2.24, 2.45) is 5.73 Å². The first-order valence-corrected chi connectivity index (χ1v) is 8.06. The third-order valence-electron chi connectivity index (χ3n) is 4.51. The molecule has 2 aromatic carbocycles. The molecule has 0 aliphatic carbocycles. The third kappa shape index (κ3) is 3.17. The second kappa shape index (κ2) is 6.66. The van der Waals surface area contributed by atoms with Crippen LogP contribution in [0.15, 0.2) is 54.6 Å². The van der Waals surface area contributed by atoms with Gasteiger partial charge in [-0.1, -0.05) is 36.4 Å². The molecule has 0 saturated carbocycles. The summed E-state index contributed by atoms with van der Waals surface area (Å²) in [5.74, 6) is -0.446. The van der Waals surface area contributed by atoms with Gasteiger partial charge in [0.15, 0.2) is 0 Å². The largest absolute Gasteiger partial charge is 0.366 e. The van der Waals surface area contributed by atoms with E-state index in [-0.39, 0.29) is 0 Å². The lowest BCUT2D eigenvalue weighted by Crippen LogP contribution is -2.13. The highest BCUT2D eigenvalue weighted by Crippen LogP contribution is 2.28. The van der Waals surface area contributed by atoms with Gasteiger partial charge in [0.25, 0.3) is 5.91 Å². The van der Waals surface area contributed by atoms with Crippen molar-refractivity contribution >= 4 is 5.91 Å². The van der Waals surface area contributed by atoms with Crippen LogP contribution in [0.1, 0.15) is 32.7 Å². The zero-order valence-electron chi connectivity index (χ0n) is 14.3. The maximum absolute atomic E-state index is 11.8. The molecule has 124 valence electrons. The fraction of sp³-hybridized carbons (Fsp3) is 0.143. The number of hydrogen-bond acceptors (Lipinski definition) is 2. The van der Waals surface area contributed by atoms with E-state index in [0.717, 1.165) is 17.0 Å². The van der Waals surface area contributed by atoms with E-state index in [1.54, 1.807) is 6.07 Å². The Kier molecular flexibility index (Phi) is 4.40. The van der Waals surface area contributed by atoms with E-state index < -0.39 is 5.91 Å². The molecule has 4 heteroatoms. The van der Waals surface area contributed by atoms with Gasteiger partial charge in [0, 0.05) is 17.9 Å². The summed E-state index contributed by atoms with van der Waals surface area (Å²) >= 11 is 0. The first-order chi connectivity index (χ1) is 12.0. The predicted octanol–water partition coefficient (Wildman–Crippen LogP) is 3.79. The van der Waals surface area contributed by atoms with Crippen LogP contribution in [0.4, 0.5) is 0 Å². The summed E-state index contributed by atoms with van der Waals surface area (Å²) in [4.78, 5) is 11.8. The number of primary amides is 1. The van der Waals surface area contributed by atoms with Crippen LogP contribution >= 0.6 is 0 Å². The fourth-order valence-corrected chi connectivity index (χ4v) is 3.04. The van der Waals surface area contributed by atoms with Gasteiger partial charge in [-0.3, -0.25) is 4.79 Å². The number of rotatable bonds is 4. The normalized spacial score (nSPS) is 10.4. The number of carbonyl (C=O) groups is 1. The molecule has 1 amide bonds. The number of hydrogen-bond donors (Lipinski definition) is 1. The topological polar surface area (TPSA) is 71.8 Å². The summed E-state index contributed by atoms with van der Waals surface area (Å²) in [5.41, 5.74) is 11.6. The van der Waals surface area contributed by atoms with Gasteiger partial charge < -0.3 is 10.3 Å². The van der Waals surface area contributed by atoms with Gasteiger partial charge >= 0.3 is 0 Å². The first-order valence-electron chi connectivity index (χ1n) is 8.06. The summed E-state index contributed by atoms with van der Waals surface area (Å²) in [6.07, 6.45) is 0. The molecule has 0 bridgehead atoms. The van der Waals surface area contributed by atoms with Crippen LogP contribution in [0, 0.1) is 25.2 Å². The number of nitrogens with zero attached hydrogens (tertiary/aromatic N) is 2. The predicted molar refractivity (Wildman–Crippen MR) is 98.1 cm³/mol. The zero-order valence-corrected chi connectivity index (χ0v) is 14.3. The Labute approximate surface area is 147 Å². The van der Waals surface area contributed by atoms with Crippen molar-refractivity contribution in [1.82, 2.24) is 4.57 Å². The molecular weight excluding hydrogens is 310 g/mol. The van der Waals surface area contributed by atoms with E-state index in [2.05, 4.69) is 29.7 Å². The Morgan fingerprint density at radius 2 is 1.88 bits per heavy atom. The molecule has 1 aromatic heterocycles. The average Bonchev–Trinajstić information content (AvgIpc) is 2.94. The van der Waals surface area contributed by atoms with E-state index in [0.29, 0.717) is 17.7 Å². The van der Waals surface area contributed by atoms with Gasteiger partial charge in [-0.25, -0.2) is 0 Å². The first kappa shape index (κ1) is 16.5. The van der Waals surface area contributed by atoms with E-state index in [9.17, 15) is 4.79 Å². The number of aromatic nitrogens is 1. The molecule has 3 rings (SSSR count). The van der Waals surface area contributed by atoms with Crippen molar-refractivity contribution in [1.29, 1.82) is 5.26 Å². The minimum atomic E-state index is -0.446. The highest BCUT2D eigenvalue weighted by Gasteiger charge is 2.17. The summed E-state index contributed by atoms with van der Waals surface area (Å²) in [6.45, 7) is 4.60. The second-order valence-electron chi connectivity index (χ2n) is 6.10. The van der Waals surface area contributed by atoms with Crippen LogP contribution in [0.2, 0.25) is 0 Å². The molecule has 0 aliphatic heterocycles. The number of amides is 1. The Bertz CT molecular complexity index is 993. The van der Waals surface area contributed by atoms with Crippen LogP contribution < -0.4 is 5.73 Å². The quantitative estimate of drug-likeness (QED) is 0.791. The Morgan fingerprint density at radius 1 is 1.12 bits per heavy atom. The van der Waals surface area contributed by atoms with Gasteiger partial charge in [0.05, 0.1) is 17.2 Å². The molecule has 0 aliphatic rings. The molecule has 0 atom stereocenters. The highest BCUT2D eigenvalue weighted by molar-refractivity contribution is 5.95. The van der Waals surface area contributed by atoms with Crippen LogP contribution in [0.3, 0.4) is 0 Å². The standard InChI is InChI=1S/C21H19N3O/c1-14-6-3-4-8-18(14)13-24-15(2)19(21(23)25)11-20(24)17-9-5-7-16(10-17)12-22/h3-11H,13H2,1-2H3,(H2,23,25). The van der Waals surface area contributed by atoms with Crippen molar-refractivity contribution in [2.45, 2.75) is 20.4 Å². The molecule has 2 N–H and O–H groups in total. The van der Waals surface area contributed by atoms with Crippen LogP contribution in [-0.4, -0.2) is 10.5 Å². The molecular formula is C21H19N3O. The van der Waals surface area contributed by atoms with E-state index in [4.69, 9.17) is 11.0 Å². The number of nitriles is 1. The highest BCUT2D eigenvalue weighted by atomic mass is 16.1. The van der Waals surface area contributed by atoms with Crippen molar-refractivity contribution in [3.63, 3.8) is 0 Å². The van der Waals surface area contributed by atoms with E-state index in [1.165, 1.54) is 11.1 Å². The van der Waals surface area contributed by atoms with Gasteiger partial charge in [0.1, 0.15) is 0 Å². The van der Waals surface area contributed by atoms with E-state index in [1.807, 2.05) is 43.3 Å². The van der Waals surface area contributed by atoms with Crippen LogP contribution in [0.25, 0.3) is 11.3 Å². The van der Waals surface area contributed by atoms with E-state index >= 15 is 0 Å². The molecule has 4 nitrogen and oxygen atoms in total. The zero-order chi connectivity index (χ0) is 18.0. The molecule has 0 fully saturated rings. The summed E-state index contributed by atoms with van der Waals surface area (Å²) in [6, 6.07) is 19.5. The molecule has 0 spiro atoms. The molecule has 1 heterocycles. The maximum atomic E-state index is 11.8. The number of aryl methyl sites for hydroxylation is 1. The minimum Gasteiger partial charge on any atom is -0.366 e. The number of carbonyl (C=O) groups excluding carboxylic acids is 1. The van der Waals surface area contributed by atoms with Gasteiger partial charge in [0.2, 0.25) is 0 Å². The molecule has 0 saturated heterocycles. The van der Waals surface area contributed by atoms with Gasteiger partial charge in [-0.2, -0.15) is 5.26 Å². The maximum Gasteiger partial charge on any atom is 0.250 e. The van der Waals surface area contributed by atoms with Gasteiger partial charge in [-0.05, 0) is 48.7 Å². The lowest BCUT2D eigenvalue weighted by Gasteiger charge is -2.14. The van der Waals surface area contributed by atoms with Crippen molar-refractivity contribution in [3.05, 3.63) is 82.5 Å². The average molecular weight is 329 g/mol. The lowest BCUT2D eigenvalue weighted by atomic mass is 10.1. The third-order valence-corrected chi connectivity index (χ3v) is 4.51. The number of nitrogens with two attached hydrogens (primary N) is 1. The fourth-order valence-electron chi connectivity index (χ4n) is 3.04. The smallest absolute Gasteiger partial charge is 0.250 e.